The molecular weight excluding hydrogens is 559 g/mol. The zero-order chi connectivity index (χ0) is 28.2. The van der Waals surface area contributed by atoms with Crippen LogP contribution in [0.3, 0.4) is 0 Å². The van der Waals surface area contributed by atoms with Gasteiger partial charge in [-0.15, -0.1) is 35.0 Å². The highest BCUT2D eigenvalue weighted by atomic mass is 35.5. The van der Waals surface area contributed by atoms with E-state index in [1.54, 1.807) is 23.9 Å². The molecule has 4 atom stereocenters. The number of nitrogens with two attached hydrogens (primary N) is 1. The van der Waals surface area contributed by atoms with Crippen molar-refractivity contribution in [2.75, 3.05) is 31.1 Å². The topological polar surface area (TPSA) is 158 Å². The molecule has 11 nitrogen and oxygen atoms in total. The number of alkyl halides is 2. The average Bonchev–Trinajstić information content (AvgIpc) is 2.87. The minimum atomic E-state index is -1.14. The fourth-order valence-corrected chi connectivity index (χ4v) is 4.29. The zero-order valence-corrected chi connectivity index (χ0v) is 23.6. The number of carbonyl (C=O) groups excluding carboxylic acids is 4. The van der Waals surface area contributed by atoms with E-state index in [-0.39, 0.29) is 36.8 Å². The van der Waals surface area contributed by atoms with Crippen LogP contribution in [0.2, 0.25) is 0 Å². The highest BCUT2D eigenvalue weighted by Gasteiger charge is 2.42. The molecule has 5 N–H and O–H groups in total. The lowest BCUT2D eigenvalue weighted by atomic mass is 9.91. The smallest absolute Gasteiger partial charge is 0.407 e. The van der Waals surface area contributed by atoms with Crippen molar-refractivity contribution in [2.24, 2.45) is 5.73 Å². The summed E-state index contributed by atoms with van der Waals surface area (Å²) < 4.78 is 17.3. The molecule has 210 valence electrons. The lowest BCUT2D eigenvalue weighted by molar-refractivity contribution is -0.125. The first-order valence-corrected chi connectivity index (χ1v) is 14.0. The van der Waals surface area contributed by atoms with Gasteiger partial charge in [-0.2, -0.15) is 0 Å². The Kier molecular flexibility index (Phi) is 12.8. The maximum Gasteiger partial charge on any atom is 0.407 e. The van der Waals surface area contributed by atoms with Crippen LogP contribution in [-0.4, -0.2) is 79.5 Å². The SMILES string of the molecule is CSc1ccc(OC2C=C(C(=O)NC(C)C(N)=O)CC(OC(=O)NCCCl)C2OC(=O)NCCCl)cc1C. The number of nitrogens with one attached hydrogen (secondary N) is 3. The third kappa shape index (κ3) is 9.48. The second-order valence-electron chi connectivity index (χ2n) is 8.25. The number of hydrogen-bond acceptors (Lipinski definition) is 8. The molecule has 1 aliphatic rings. The summed E-state index contributed by atoms with van der Waals surface area (Å²) in [6.07, 6.45) is -1.66. The van der Waals surface area contributed by atoms with E-state index in [2.05, 4.69) is 16.0 Å². The Labute approximate surface area is 235 Å². The normalized spacial score (nSPS) is 19.4. The van der Waals surface area contributed by atoms with Gasteiger partial charge in [-0.1, -0.05) is 0 Å². The molecule has 4 amide bonds. The predicted molar refractivity (Wildman–Crippen MR) is 145 cm³/mol. The maximum atomic E-state index is 13.0. The number of carbonyl (C=O) groups is 4. The highest BCUT2D eigenvalue weighted by Crippen LogP contribution is 2.30. The second kappa shape index (κ2) is 15.6. The molecule has 14 heteroatoms. The summed E-state index contributed by atoms with van der Waals surface area (Å²) in [6.45, 7) is 3.63. The van der Waals surface area contributed by atoms with Gasteiger partial charge in [-0.05, 0) is 49.9 Å². The first-order valence-electron chi connectivity index (χ1n) is 11.7. The van der Waals surface area contributed by atoms with E-state index < -0.39 is 48.4 Å². The van der Waals surface area contributed by atoms with Crippen LogP contribution in [0.25, 0.3) is 0 Å². The van der Waals surface area contributed by atoms with Crippen molar-refractivity contribution < 1.29 is 33.4 Å². The molecule has 2 rings (SSSR count). The predicted octanol–water partition coefficient (Wildman–Crippen LogP) is 2.45. The Morgan fingerprint density at radius 1 is 1.11 bits per heavy atom. The summed E-state index contributed by atoms with van der Waals surface area (Å²) in [4.78, 5) is 50.4. The van der Waals surface area contributed by atoms with Crippen LogP contribution < -0.4 is 26.4 Å². The van der Waals surface area contributed by atoms with Crippen LogP contribution in [-0.2, 0) is 19.1 Å². The number of alkyl carbamates (subject to hydrolysis) is 2. The van der Waals surface area contributed by atoms with Crippen LogP contribution >= 0.6 is 35.0 Å². The Morgan fingerprint density at radius 2 is 1.74 bits per heavy atom. The van der Waals surface area contributed by atoms with Crippen molar-refractivity contribution in [1.82, 2.24) is 16.0 Å². The van der Waals surface area contributed by atoms with Gasteiger partial charge in [-0.25, -0.2) is 9.59 Å². The minimum Gasteiger partial charge on any atom is -0.482 e. The fraction of sp³-hybridized carbons (Fsp3) is 0.500. The van der Waals surface area contributed by atoms with Crippen LogP contribution in [0.4, 0.5) is 9.59 Å². The van der Waals surface area contributed by atoms with Crippen molar-refractivity contribution >= 4 is 59.0 Å². The summed E-state index contributed by atoms with van der Waals surface area (Å²) in [6, 6.07) is 4.47. The Balaban J connectivity index is 2.45. The summed E-state index contributed by atoms with van der Waals surface area (Å²) in [7, 11) is 0. The molecule has 0 radical (unpaired) electrons. The number of benzene rings is 1. The van der Waals surface area contributed by atoms with Gasteiger partial charge in [0.1, 0.15) is 17.9 Å². The third-order valence-corrected chi connectivity index (χ3v) is 6.69. The lowest BCUT2D eigenvalue weighted by Crippen LogP contribution is -2.52. The summed E-state index contributed by atoms with van der Waals surface area (Å²) in [5, 5.41) is 7.47. The first-order chi connectivity index (χ1) is 18.1. The molecule has 0 fully saturated rings. The van der Waals surface area contributed by atoms with Gasteiger partial charge < -0.3 is 35.9 Å². The van der Waals surface area contributed by atoms with Gasteiger partial charge in [0.15, 0.2) is 12.2 Å². The lowest BCUT2D eigenvalue weighted by Gasteiger charge is -2.35. The Morgan fingerprint density at radius 3 is 2.29 bits per heavy atom. The molecule has 0 aliphatic heterocycles. The number of hydrogen-bond donors (Lipinski definition) is 4. The minimum absolute atomic E-state index is 0.134. The molecule has 1 aliphatic carbocycles. The monoisotopic (exact) mass is 590 g/mol. The van der Waals surface area contributed by atoms with Crippen LogP contribution in [0.5, 0.6) is 5.75 Å². The summed E-state index contributed by atoms with van der Waals surface area (Å²) in [5.41, 5.74) is 6.38. The number of rotatable bonds is 12. The van der Waals surface area contributed by atoms with Gasteiger partial charge in [0.25, 0.3) is 0 Å². The van der Waals surface area contributed by atoms with Gasteiger partial charge in [0, 0.05) is 41.7 Å². The number of aryl methyl sites for hydroxylation is 1. The molecule has 1 aromatic rings. The van der Waals surface area contributed by atoms with E-state index in [0.717, 1.165) is 10.5 Å². The fourth-order valence-electron chi connectivity index (χ4n) is 3.51. The van der Waals surface area contributed by atoms with Gasteiger partial charge in [0.2, 0.25) is 11.8 Å². The zero-order valence-electron chi connectivity index (χ0n) is 21.3. The Hall–Kier alpha value is -2.83. The molecule has 0 bridgehead atoms. The van der Waals surface area contributed by atoms with Crippen LogP contribution in [0.1, 0.15) is 18.9 Å². The van der Waals surface area contributed by atoms with Gasteiger partial charge >= 0.3 is 12.2 Å². The van der Waals surface area contributed by atoms with E-state index in [9.17, 15) is 19.2 Å². The molecule has 4 unspecified atom stereocenters. The molecule has 38 heavy (non-hydrogen) atoms. The van der Waals surface area contributed by atoms with E-state index >= 15 is 0 Å². The molecular formula is C24H32Cl2N4O7S. The van der Waals surface area contributed by atoms with Crippen molar-refractivity contribution in [3.63, 3.8) is 0 Å². The van der Waals surface area contributed by atoms with E-state index in [1.165, 1.54) is 13.0 Å². The molecule has 0 aromatic heterocycles. The molecule has 0 spiro atoms. The largest absolute Gasteiger partial charge is 0.482 e. The van der Waals surface area contributed by atoms with Crippen LogP contribution in [0.15, 0.2) is 34.7 Å². The highest BCUT2D eigenvalue weighted by molar-refractivity contribution is 7.98. The average molecular weight is 592 g/mol. The number of ether oxygens (including phenoxy) is 3. The molecule has 1 aromatic carbocycles. The summed E-state index contributed by atoms with van der Waals surface area (Å²) >= 11 is 12.9. The van der Waals surface area contributed by atoms with Crippen LogP contribution in [0, 0.1) is 6.92 Å². The molecule has 0 heterocycles. The third-order valence-electron chi connectivity index (χ3n) is 5.41. The van der Waals surface area contributed by atoms with E-state index in [0.29, 0.717) is 5.75 Å². The van der Waals surface area contributed by atoms with E-state index in [4.69, 9.17) is 43.1 Å². The van der Waals surface area contributed by atoms with E-state index in [1.807, 2.05) is 19.2 Å². The van der Waals surface area contributed by atoms with Gasteiger partial charge in [0.05, 0.1) is 0 Å². The first kappa shape index (κ1) is 31.4. The van der Waals surface area contributed by atoms with Gasteiger partial charge in [-0.3, -0.25) is 9.59 Å². The van der Waals surface area contributed by atoms with Crippen molar-refractivity contribution in [3.05, 3.63) is 35.4 Å². The maximum absolute atomic E-state index is 13.0. The number of halogens is 2. The molecule has 0 saturated carbocycles. The number of thioether (sulfide) groups is 1. The standard InChI is InChI=1S/C24H32Cl2N4O7S/c1-13-10-16(4-5-19(13)38-3)35-17-11-15(22(32)30-14(2)21(27)31)12-18(36-23(33)28-8-6-25)20(17)37-24(34)29-9-7-26/h4-5,10-11,14,17-18,20H,6-9,12H2,1-3H3,(H2,27,31)(H,28,33)(H,29,34)(H,30,32). The number of primary amides is 1. The second-order valence-corrected chi connectivity index (χ2v) is 9.86. The Bertz CT molecular complexity index is 1040. The van der Waals surface area contributed by atoms with Crippen molar-refractivity contribution in [1.29, 1.82) is 0 Å². The summed E-state index contributed by atoms with van der Waals surface area (Å²) in [5.74, 6) is -0.593. The van der Waals surface area contributed by atoms with Crippen molar-refractivity contribution in [3.8, 4) is 5.75 Å². The number of amides is 4. The molecule has 0 saturated heterocycles. The quantitative estimate of drug-likeness (QED) is 0.213. The van der Waals surface area contributed by atoms with Crippen molar-refractivity contribution in [2.45, 2.75) is 49.5 Å².